The molecule has 0 amide bonds. The van der Waals surface area contributed by atoms with E-state index in [0.29, 0.717) is 5.82 Å². The number of anilines is 1. The Labute approximate surface area is 174 Å². The van der Waals surface area contributed by atoms with E-state index in [0.717, 1.165) is 41.0 Å². The molecule has 0 aliphatic rings. The smallest absolute Gasteiger partial charge is 0.166 e. The fourth-order valence-corrected chi connectivity index (χ4v) is 3.70. The fourth-order valence-electron chi connectivity index (χ4n) is 3.70. The van der Waals surface area contributed by atoms with Crippen LogP contribution in [-0.2, 0) is 6.42 Å². The Morgan fingerprint density at radius 1 is 1.10 bits per heavy atom. The number of nitrogens with zero attached hydrogens (tertiary/aromatic N) is 5. The molecule has 0 bridgehead atoms. The number of imidazole rings is 1. The Morgan fingerprint density at radius 2 is 2.00 bits per heavy atom. The highest BCUT2D eigenvalue weighted by Gasteiger charge is 2.16. The van der Waals surface area contributed by atoms with Gasteiger partial charge in [0.05, 0.1) is 6.33 Å². The van der Waals surface area contributed by atoms with Gasteiger partial charge in [0.25, 0.3) is 0 Å². The zero-order valence-corrected chi connectivity index (χ0v) is 17.0. The van der Waals surface area contributed by atoms with Gasteiger partial charge in [0, 0.05) is 47.6 Å². The summed E-state index contributed by atoms with van der Waals surface area (Å²) in [5.41, 5.74) is 4.94. The van der Waals surface area contributed by atoms with E-state index in [4.69, 9.17) is 9.97 Å². The number of benzene rings is 1. The molecule has 0 aliphatic carbocycles. The lowest BCUT2D eigenvalue weighted by Gasteiger charge is -2.11. The van der Waals surface area contributed by atoms with Gasteiger partial charge < -0.3 is 14.9 Å². The number of aromatic amines is 1. The number of hydrogen-bond donors (Lipinski definition) is 2. The molecular weight excluding hydrogens is 374 g/mol. The molecule has 4 heterocycles. The van der Waals surface area contributed by atoms with Crippen molar-refractivity contribution in [1.82, 2.24) is 29.5 Å². The molecule has 5 aromatic rings. The van der Waals surface area contributed by atoms with Gasteiger partial charge in [-0.15, -0.1) is 0 Å². The monoisotopic (exact) mass is 397 g/mol. The summed E-state index contributed by atoms with van der Waals surface area (Å²) in [5.74, 6) is 1.39. The first kappa shape index (κ1) is 18.3. The number of fused-ring (bicyclic) bond motifs is 2. The van der Waals surface area contributed by atoms with E-state index < -0.39 is 0 Å². The number of rotatable bonds is 6. The number of nitrogens with one attached hydrogen (secondary N) is 2. The highest BCUT2D eigenvalue weighted by atomic mass is 15.2. The molecule has 7 nitrogen and oxygen atoms in total. The minimum absolute atomic E-state index is 0.255. The molecule has 2 N–H and O–H groups in total. The fraction of sp³-hybridized carbons (Fsp3) is 0.217. The predicted octanol–water partition coefficient (Wildman–Crippen LogP) is 4.61. The Kier molecular flexibility index (Phi) is 4.63. The van der Waals surface area contributed by atoms with Gasteiger partial charge in [-0.25, -0.2) is 15.0 Å². The normalized spacial score (nSPS) is 11.6. The van der Waals surface area contributed by atoms with Gasteiger partial charge in [-0.2, -0.15) is 0 Å². The van der Waals surface area contributed by atoms with Crippen molar-refractivity contribution in [2.24, 2.45) is 0 Å². The number of pyridine rings is 1. The van der Waals surface area contributed by atoms with Crippen LogP contribution >= 0.6 is 0 Å². The summed E-state index contributed by atoms with van der Waals surface area (Å²) in [6.45, 7) is 4.99. The Hall–Kier alpha value is -3.74. The second-order valence-electron chi connectivity index (χ2n) is 7.59. The predicted molar refractivity (Wildman–Crippen MR) is 119 cm³/mol. The molecule has 0 aliphatic heterocycles. The van der Waals surface area contributed by atoms with Crippen molar-refractivity contribution in [3.05, 3.63) is 66.9 Å². The molecule has 5 rings (SSSR count). The molecule has 1 aromatic carbocycles. The number of hydrogen-bond acceptors (Lipinski definition) is 5. The third-order valence-electron chi connectivity index (χ3n) is 5.26. The summed E-state index contributed by atoms with van der Waals surface area (Å²) in [5, 5.41) is 4.75. The van der Waals surface area contributed by atoms with Crippen LogP contribution in [0.25, 0.3) is 33.5 Å². The summed E-state index contributed by atoms with van der Waals surface area (Å²) < 4.78 is 2.07. The maximum absolute atomic E-state index is 4.79. The van der Waals surface area contributed by atoms with Crippen LogP contribution in [0.4, 0.5) is 5.82 Å². The highest BCUT2D eigenvalue weighted by Crippen LogP contribution is 2.26. The lowest BCUT2D eigenvalue weighted by Crippen LogP contribution is -2.09. The van der Waals surface area contributed by atoms with Gasteiger partial charge in [0.1, 0.15) is 5.52 Å². The van der Waals surface area contributed by atoms with Crippen molar-refractivity contribution >= 4 is 27.9 Å². The summed E-state index contributed by atoms with van der Waals surface area (Å²) in [7, 11) is 0. The van der Waals surface area contributed by atoms with Gasteiger partial charge in [0.15, 0.2) is 17.3 Å². The van der Waals surface area contributed by atoms with Gasteiger partial charge in [0.2, 0.25) is 0 Å². The second kappa shape index (κ2) is 7.59. The number of aromatic nitrogens is 6. The average Bonchev–Trinajstić information content (AvgIpc) is 3.39. The van der Waals surface area contributed by atoms with Crippen molar-refractivity contribution in [3.63, 3.8) is 0 Å². The zero-order valence-electron chi connectivity index (χ0n) is 17.0. The van der Waals surface area contributed by atoms with Crippen LogP contribution in [0.3, 0.4) is 0 Å². The van der Waals surface area contributed by atoms with Crippen LogP contribution in [0, 0.1) is 0 Å². The standard InChI is InChI=1S/C23H23N7/c1-15(2)30-14-27-20-22(28-21(29-23(20)30)17-6-5-10-24-12-17)25-11-9-16-13-26-19-8-4-3-7-18(16)19/h3-8,10,12-15,26H,9,11H2,1-2H3,(H,25,28,29). The van der Waals surface area contributed by atoms with Crippen LogP contribution in [0.5, 0.6) is 0 Å². The SMILES string of the molecule is CC(C)n1cnc2c(NCCc3c[nH]c4ccccc34)nc(-c3cccnc3)nc21. The average molecular weight is 397 g/mol. The van der Waals surface area contributed by atoms with Gasteiger partial charge in [-0.05, 0) is 44.0 Å². The molecular formula is C23H23N7. The van der Waals surface area contributed by atoms with Gasteiger partial charge in [-0.1, -0.05) is 18.2 Å². The van der Waals surface area contributed by atoms with E-state index in [-0.39, 0.29) is 6.04 Å². The molecule has 150 valence electrons. The van der Waals surface area contributed by atoms with Gasteiger partial charge >= 0.3 is 0 Å². The third-order valence-corrected chi connectivity index (χ3v) is 5.26. The van der Waals surface area contributed by atoms with Crippen LogP contribution in [0.2, 0.25) is 0 Å². The number of para-hydroxylation sites is 1. The quantitative estimate of drug-likeness (QED) is 0.437. The van der Waals surface area contributed by atoms with E-state index in [1.807, 2.05) is 24.5 Å². The van der Waals surface area contributed by atoms with Crippen molar-refractivity contribution < 1.29 is 0 Å². The molecule has 30 heavy (non-hydrogen) atoms. The molecule has 0 saturated heterocycles. The molecule has 0 radical (unpaired) electrons. The van der Waals surface area contributed by atoms with E-state index in [2.05, 4.69) is 63.1 Å². The van der Waals surface area contributed by atoms with Crippen molar-refractivity contribution in [2.75, 3.05) is 11.9 Å². The number of H-pyrrole nitrogens is 1. The largest absolute Gasteiger partial charge is 0.368 e. The summed E-state index contributed by atoms with van der Waals surface area (Å²) in [6, 6.07) is 12.5. The van der Waals surface area contributed by atoms with E-state index in [9.17, 15) is 0 Å². The molecule has 0 fully saturated rings. The summed E-state index contributed by atoms with van der Waals surface area (Å²) in [4.78, 5) is 21.7. The summed E-state index contributed by atoms with van der Waals surface area (Å²) in [6.07, 6.45) is 8.33. The van der Waals surface area contributed by atoms with Crippen LogP contribution in [-0.4, -0.2) is 36.0 Å². The maximum atomic E-state index is 4.79. The zero-order chi connectivity index (χ0) is 20.5. The van der Waals surface area contributed by atoms with Crippen molar-refractivity contribution in [2.45, 2.75) is 26.3 Å². The molecule has 7 heteroatoms. The summed E-state index contributed by atoms with van der Waals surface area (Å²) >= 11 is 0. The lowest BCUT2D eigenvalue weighted by atomic mass is 10.1. The van der Waals surface area contributed by atoms with Crippen LogP contribution in [0.1, 0.15) is 25.5 Å². The lowest BCUT2D eigenvalue weighted by molar-refractivity contribution is 0.613. The minimum Gasteiger partial charge on any atom is -0.368 e. The molecule has 4 aromatic heterocycles. The van der Waals surface area contributed by atoms with E-state index in [1.165, 1.54) is 10.9 Å². The van der Waals surface area contributed by atoms with Crippen LogP contribution < -0.4 is 5.32 Å². The first-order valence-electron chi connectivity index (χ1n) is 10.1. The highest BCUT2D eigenvalue weighted by molar-refractivity contribution is 5.85. The maximum Gasteiger partial charge on any atom is 0.166 e. The molecule has 0 spiro atoms. The van der Waals surface area contributed by atoms with E-state index in [1.54, 1.807) is 12.4 Å². The third kappa shape index (κ3) is 3.28. The van der Waals surface area contributed by atoms with Gasteiger partial charge in [-0.3, -0.25) is 4.98 Å². The first-order chi connectivity index (χ1) is 14.7. The van der Waals surface area contributed by atoms with E-state index >= 15 is 0 Å². The second-order valence-corrected chi connectivity index (χ2v) is 7.59. The molecule has 0 atom stereocenters. The van der Waals surface area contributed by atoms with Crippen molar-refractivity contribution in [3.8, 4) is 11.4 Å². The molecule has 0 unspecified atom stereocenters. The Bertz CT molecular complexity index is 1300. The van der Waals surface area contributed by atoms with Crippen LogP contribution in [0.15, 0.2) is 61.3 Å². The van der Waals surface area contributed by atoms with Crippen molar-refractivity contribution in [1.29, 1.82) is 0 Å². The minimum atomic E-state index is 0.255. The Morgan fingerprint density at radius 3 is 2.83 bits per heavy atom. The Balaban J connectivity index is 1.48. The molecule has 0 saturated carbocycles. The first-order valence-corrected chi connectivity index (χ1v) is 10.1. The topological polar surface area (TPSA) is 84.3 Å².